The Labute approximate surface area is 192 Å². The van der Waals surface area contributed by atoms with E-state index in [1.807, 2.05) is 54.8 Å². The largest absolute Gasteiger partial charge is 0.488 e. The number of hydrogen-bond donors (Lipinski definition) is 3. The molecule has 3 N–H and O–H groups in total. The number of fused-ring (bicyclic) bond motifs is 1. The first-order chi connectivity index (χ1) is 15.9. The van der Waals surface area contributed by atoms with Gasteiger partial charge in [0, 0.05) is 38.8 Å². The SMILES string of the molecule is COCc1cccc2c1cc(C)n2-c1nnc(N(C)C)c(NCc2cccc(B(O)O)c2)n1. The van der Waals surface area contributed by atoms with Gasteiger partial charge in [0.25, 0.3) is 5.95 Å². The molecule has 0 spiro atoms. The highest BCUT2D eigenvalue weighted by Gasteiger charge is 2.17. The molecule has 0 radical (unpaired) electrons. The molecule has 0 fully saturated rings. The Bertz CT molecular complexity index is 1270. The van der Waals surface area contributed by atoms with E-state index in [1.54, 1.807) is 25.3 Å². The van der Waals surface area contributed by atoms with Crippen molar-refractivity contribution in [3.63, 3.8) is 0 Å². The van der Waals surface area contributed by atoms with E-state index in [9.17, 15) is 10.0 Å². The Balaban J connectivity index is 1.72. The normalized spacial score (nSPS) is 11.1. The van der Waals surface area contributed by atoms with Crippen LogP contribution in [0.25, 0.3) is 16.9 Å². The number of aryl methyl sites for hydroxylation is 1. The van der Waals surface area contributed by atoms with Crippen molar-refractivity contribution in [1.82, 2.24) is 19.7 Å². The zero-order valence-corrected chi connectivity index (χ0v) is 19.1. The first-order valence-electron chi connectivity index (χ1n) is 10.6. The first kappa shape index (κ1) is 22.7. The van der Waals surface area contributed by atoms with Crippen molar-refractivity contribution < 1.29 is 14.8 Å². The third kappa shape index (κ3) is 4.68. The van der Waals surface area contributed by atoms with Crippen LogP contribution >= 0.6 is 0 Å². The fraction of sp³-hybridized carbons (Fsp3) is 0.261. The molecular formula is C23H27BN6O3. The van der Waals surface area contributed by atoms with Gasteiger partial charge in [0.15, 0.2) is 11.6 Å². The Kier molecular flexibility index (Phi) is 6.59. The van der Waals surface area contributed by atoms with Crippen LogP contribution < -0.4 is 15.7 Å². The molecule has 33 heavy (non-hydrogen) atoms. The molecule has 0 saturated carbocycles. The minimum atomic E-state index is -1.51. The van der Waals surface area contributed by atoms with E-state index in [-0.39, 0.29) is 0 Å². The van der Waals surface area contributed by atoms with Crippen LogP contribution in [0.15, 0.2) is 48.5 Å². The number of hydrogen-bond acceptors (Lipinski definition) is 8. The van der Waals surface area contributed by atoms with Crippen molar-refractivity contribution in [2.24, 2.45) is 0 Å². The molecule has 10 heteroatoms. The van der Waals surface area contributed by atoms with Crippen LogP contribution in [0.3, 0.4) is 0 Å². The summed E-state index contributed by atoms with van der Waals surface area (Å²) in [5.41, 5.74) is 4.39. The first-order valence-corrected chi connectivity index (χ1v) is 10.6. The lowest BCUT2D eigenvalue weighted by Crippen LogP contribution is -2.30. The Morgan fingerprint density at radius 1 is 1.09 bits per heavy atom. The lowest BCUT2D eigenvalue weighted by molar-refractivity contribution is 0.186. The van der Waals surface area contributed by atoms with E-state index in [4.69, 9.17) is 9.72 Å². The minimum Gasteiger partial charge on any atom is -0.423 e. The molecule has 2 aromatic carbocycles. The van der Waals surface area contributed by atoms with Crippen molar-refractivity contribution in [1.29, 1.82) is 0 Å². The van der Waals surface area contributed by atoms with Gasteiger partial charge in [-0.15, -0.1) is 10.2 Å². The molecule has 4 aromatic rings. The maximum atomic E-state index is 9.45. The summed E-state index contributed by atoms with van der Waals surface area (Å²) >= 11 is 0. The second-order valence-corrected chi connectivity index (χ2v) is 8.05. The van der Waals surface area contributed by atoms with Crippen LogP contribution in [0.5, 0.6) is 0 Å². The standard InChI is InChI=1S/C23H27BN6O3/c1-15-11-19-17(14-33-4)8-6-10-20(19)30(15)23-26-21(22(27-28-23)29(2)3)25-13-16-7-5-9-18(12-16)24(31)32/h5-12,31-32H,13-14H2,1-4H3,(H,25,26,28). The number of aromatic nitrogens is 4. The van der Waals surface area contributed by atoms with Crippen LogP contribution in [0, 0.1) is 6.92 Å². The lowest BCUT2D eigenvalue weighted by Gasteiger charge is -2.17. The van der Waals surface area contributed by atoms with E-state index < -0.39 is 7.12 Å². The third-order valence-electron chi connectivity index (χ3n) is 5.41. The molecule has 0 atom stereocenters. The van der Waals surface area contributed by atoms with Gasteiger partial charge >= 0.3 is 7.12 Å². The van der Waals surface area contributed by atoms with Crippen LogP contribution in [-0.4, -0.2) is 58.1 Å². The van der Waals surface area contributed by atoms with E-state index in [0.29, 0.717) is 36.2 Å². The fourth-order valence-corrected chi connectivity index (χ4v) is 3.85. The van der Waals surface area contributed by atoms with E-state index in [2.05, 4.69) is 21.6 Å². The van der Waals surface area contributed by atoms with Crippen LogP contribution in [0.4, 0.5) is 11.6 Å². The smallest absolute Gasteiger partial charge is 0.423 e. The summed E-state index contributed by atoms with van der Waals surface area (Å²) in [6, 6.07) is 15.3. The number of rotatable bonds is 8. The molecule has 0 aliphatic rings. The van der Waals surface area contributed by atoms with Gasteiger partial charge in [-0.25, -0.2) is 0 Å². The summed E-state index contributed by atoms with van der Waals surface area (Å²) in [6.07, 6.45) is 0. The van der Waals surface area contributed by atoms with Gasteiger partial charge in [-0.3, -0.25) is 4.57 Å². The van der Waals surface area contributed by atoms with Crippen molar-refractivity contribution in [2.75, 3.05) is 31.4 Å². The molecular weight excluding hydrogens is 419 g/mol. The number of nitrogens with zero attached hydrogens (tertiary/aromatic N) is 5. The second-order valence-electron chi connectivity index (χ2n) is 8.05. The molecule has 0 saturated heterocycles. The predicted molar refractivity (Wildman–Crippen MR) is 130 cm³/mol. The zero-order chi connectivity index (χ0) is 23.5. The van der Waals surface area contributed by atoms with E-state index in [1.165, 1.54) is 0 Å². The number of methoxy groups -OCH3 is 1. The lowest BCUT2D eigenvalue weighted by atomic mass is 9.80. The van der Waals surface area contributed by atoms with Gasteiger partial charge in [0.1, 0.15) is 0 Å². The monoisotopic (exact) mass is 446 g/mol. The number of benzene rings is 2. The summed E-state index contributed by atoms with van der Waals surface area (Å²) in [4.78, 5) is 6.65. The molecule has 0 bridgehead atoms. The van der Waals surface area contributed by atoms with E-state index >= 15 is 0 Å². The topological polar surface area (TPSA) is 109 Å². The zero-order valence-electron chi connectivity index (χ0n) is 19.1. The van der Waals surface area contributed by atoms with Crippen LogP contribution in [0.1, 0.15) is 16.8 Å². The van der Waals surface area contributed by atoms with Crippen LogP contribution in [-0.2, 0) is 17.9 Å². The van der Waals surface area contributed by atoms with Gasteiger partial charge in [0.2, 0.25) is 0 Å². The minimum absolute atomic E-state index is 0.433. The maximum Gasteiger partial charge on any atom is 0.488 e. The van der Waals surface area contributed by atoms with Crippen LogP contribution in [0.2, 0.25) is 0 Å². The van der Waals surface area contributed by atoms with E-state index in [0.717, 1.165) is 27.7 Å². The molecule has 4 rings (SSSR count). The molecule has 2 heterocycles. The molecule has 170 valence electrons. The average Bonchev–Trinajstić information content (AvgIpc) is 3.14. The highest BCUT2D eigenvalue weighted by atomic mass is 16.5. The fourth-order valence-electron chi connectivity index (χ4n) is 3.85. The summed E-state index contributed by atoms with van der Waals surface area (Å²) in [5, 5.41) is 32.1. The number of anilines is 2. The predicted octanol–water partition coefficient (Wildman–Crippen LogP) is 1.63. The Morgan fingerprint density at radius 2 is 1.88 bits per heavy atom. The van der Waals surface area contributed by atoms with Crippen molar-refractivity contribution in [2.45, 2.75) is 20.1 Å². The number of ether oxygens (including phenoxy) is 1. The van der Waals surface area contributed by atoms with Gasteiger partial charge in [-0.1, -0.05) is 36.4 Å². The molecule has 0 aliphatic carbocycles. The average molecular weight is 446 g/mol. The number of nitrogens with one attached hydrogen (secondary N) is 1. The Hall–Kier alpha value is -3.47. The maximum absolute atomic E-state index is 9.45. The van der Waals surface area contributed by atoms with Gasteiger partial charge in [0.05, 0.1) is 12.1 Å². The van der Waals surface area contributed by atoms with Crippen molar-refractivity contribution in [3.05, 3.63) is 65.4 Å². The summed E-state index contributed by atoms with van der Waals surface area (Å²) in [5.74, 6) is 1.64. The van der Waals surface area contributed by atoms with Gasteiger partial charge < -0.3 is 25.0 Å². The molecule has 0 amide bonds. The summed E-state index contributed by atoms with van der Waals surface area (Å²) < 4.78 is 7.33. The Morgan fingerprint density at radius 3 is 2.61 bits per heavy atom. The van der Waals surface area contributed by atoms with Crippen molar-refractivity contribution >= 4 is 35.1 Å². The molecule has 2 aromatic heterocycles. The molecule has 9 nitrogen and oxygen atoms in total. The molecule has 0 aliphatic heterocycles. The summed E-state index contributed by atoms with van der Waals surface area (Å²) in [7, 11) is 3.94. The molecule has 0 unspecified atom stereocenters. The van der Waals surface area contributed by atoms with Gasteiger partial charge in [-0.05, 0) is 35.6 Å². The summed E-state index contributed by atoms with van der Waals surface area (Å²) in [6.45, 7) is 2.97. The highest BCUT2D eigenvalue weighted by Crippen LogP contribution is 2.27. The second kappa shape index (κ2) is 9.57. The third-order valence-corrected chi connectivity index (χ3v) is 5.41. The quantitative estimate of drug-likeness (QED) is 0.351. The van der Waals surface area contributed by atoms with Crippen molar-refractivity contribution in [3.8, 4) is 5.95 Å². The highest BCUT2D eigenvalue weighted by molar-refractivity contribution is 6.58. The van der Waals surface area contributed by atoms with Gasteiger partial charge in [-0.2, -0.15) is 4.98 Å².